The van der Waals surface area contributed by atoms with Gasteiger partial charge in [-0.05, 0) is 57.1 Å². The Kier molecular flexibility index (Phi) is 5.77. The first-order valence-electron chi connectivity index (χ1n) is 11.1. The smallest absolute Gasteiger partial charge is 0.224 e. The van der Waals surface area contributed by atoms with Crippen LogP contribution in [0.1, 0.15) is 51.0 Å². The third kappa shape index (κ3) is 4.31. The lowest BCUT2D eigenvalue weighted by atomic mass is 9.85. The monoisotopic (exact) mass is 475 g/mol. The zero-order valence-corrected chi connectivity index (χ0v) is 18.6. The van der Waals surface area contributed by atoms with E-state index in [9.17, 15) is 13.6 Å². The van der Waals surface area contributed by atoms with Gasteiger partial charge in [-0.25, -0.2) is 18.7 Å². The van der Waals surface area contributed by atoms with Gasteiger partial charge in [-0.15, -0.1) is 0 Å². The molecule has 0 unspecified atom stereocenters. The Morgan fingerprint density at radius 3 is 2.39 bits per heavy atom. The van der Waals surface area contributed by atoms with E-state index in [1.807, 2.05) is 4.57 Å². The van der Waals surface area contributed by atoms with Crippen molar-refractivity contribution in [3.05, 3.63) is 35.0 Å². The Labute approximate surface area is 193 Å². The van der Waals surface area contributed by atoms with Crippen LogP contribution in [0.3, 0.4) is 0 Å². The number of fused-ring (bicyclic) bond motifs is 1. The summed E-state index contributed by atoms with van der Waals surface area (Å²) in [6.45, 7) is 0. The van der Waals surface area contributed by atoms with Gasteiger partial charge in [0.25, 0.3) is 0 Å². The van der Waals surface area contributed by atoms with Crippen molar-refractivity contribution in [3.63, 3.8) is 0 Å². The summed E-state index contributed by atoms with van der Waals surface area (Å²) in [4.78, 5) is 25.2. The Hall–Kier alpha value is -3.01. The van der Waals surface area contributed by atoms with E-state index in [-0.39, 0.29) is 34.5 Å². The lowest BCUT2D eigenvalue weighted by molar-refractivity contribution is -0.122. The normalized spacial score (nSPS) is 21.1. The molecule has 0 aliphatic heterocycles. The standard InChI is InChI=1S/C22H24ClF2N7O/c23-12-8-15(24)18(16(25)9-12)30-22-29-17-10-27-21(28-13-2-1-3-13)31-20(17)32(22)14-6-4-11(5-7-14)19(26)33/h8-11,13-14H,1-7H2,(H2,26,33)(H,29,30)(H,27,28,31)/t11-,14-. The van der Waals surface area contributed by atoms with Gasteiger partial charge in [0.15, 0.2) is 17.3 Å². The minimum absolute atomic E-state index is 0.0357. The van der Waals surface area contributed by atoms with Gasteiger partial charge >= 0.3 is 0 Å². The van der Waals surface area contributed by atoms with Crippen LogP contribution in [0.25, 0.3) is 11.2 Å². The van der Waals surface area contributed by atoms with E-state index >= 15 is 0 Å². The number of nitrogens with zero attached hydrogens (tertiary/aromatic N) is 4. The topological polar surface area (TPSA) is 111 Å². The number of primary amides is 1. The molecule has 4 N–H and O–H groups in total. The van der Waals surface area contributed by atoms with Crippen molar-refractivity contribution < 1.29 is 13.6 Å². The number of carbonyl (C=O) groups is 1. The van der Waals surface area contributed by atoms with Crippen LogP contribution in [-0.2, 0) is 4.79 Å². The fourth-order valence-electron chi connectivity index (χ4n) is 4.52. The molecule has 5 rings (SSSR count). The van der Waals surface area contributed by atoms with Crippen molar-refractivity contribution in [2.24, 2.45) is 11.7 Å². The van der Waals surface area contributed by atoms with Crippen molar-refractivity contribution in [3.8, 4) is 0 Å². The number of nitrogens with one attached hydrogen (secondary N) is 2. The molecule has 0 atom stereocenters. The Balaban J connectivity index is 1.54. The first kappa shape index (κ1) is 21.8. The fraction of sp³-hybridized carbons (Fsp3) is 0.455. The number of hydrogen-bond acceptors (Lipinski definition) is 6. The van der Waals surface area contributed by atoms with Crippen LogP contribution < -0.4 is 16.4 Å². The average molecular weight is 476 g/mol. The molecule has 0 spiro atoms. The number of imidazole rings is 1. The molecule has 11 heteroatoms. The van der Waals surface area contributed by atoms with Crippen LogP contribution in [0, 0.1) is 17.6 Å². The van der Waals surface area contributed by atoms with Gasteiger partial charge in [-0.2, -0.15) is 4.98 Å². The summed E-state index contributed by atoms with van der Waals surface area (Å²) in [7, 11) is 0. The quantitative estimate of drug-likeness (QED) is 0.477. The van der Waals surface area contributed by atoms with E-state index in [1.54, 1.807) is 6.20 Å². The zero-order chi connectivity index (χ0) is 23.1. The summed E-state index contributed by atoms with van der Waals surface area (Å²) >= 11 is 5.77. The molecule has 8 nitrogen and oxygen atoms in total. The van der Waals surface area contributed by atoms with Gasteiger partial charge < -0.3 is 16.4 Å². The summed E-state index contributed by atoms with van der Waals surface area (Å²) in [5, 5.41) is 6.09. The van der Waals surface area contributed by atoms with Crippen LogP contribution in [-0.4, -0.2) is 31.5 Å². The van der Waals surface area contributed by atoms with Crippen LogP contribution in [0.15, 0.2) is 18.3 Å². The number of halogens is 3. The summed E-state index contributed by atoms with van der Waals surface area (Å²) in [6.07, 6.45) is 7.49. The molecule has 2 aliphatic carbocycles. The molecule has 3 aromatic rings. The number of aromatic nitrogens is 4. The van der Waals surface area contributed by atoms with Crippen molar-refractivity contribution in [1.82, 2.24) is 19.5 Å². The summed E-state index contributed by atoms with van der Waals surface area (Å²) < 4.78 is 30.9. The predicted molar refractivity (Wildman–Crippen MR) is 121 cm³/mol. The molecule has 1 aromatic carbocycles. The van der Waals surface area contributed by atoms with Crippen LogP contribution in [0.2, 0.25) is 5.02 Å². The highest BCUT2D eigenvalue weighted by molar-refractivity contribution is 6.30. The van der Waals surface area contributed by atoms with Crippen LogP contribution in [0.5, 0.6) is 0 Å². The molecule has 2 fully saturated rings. The van der Waals surface area contributed by atoms with E-state index in [0.717, 1.165) is 25.0 Å². The van der Waals surface area contributed by atoms with Gasteiger partial charge in [-0.1, -0.05) is 11.6 Å². The molecule has 2 aliphatic rings. The van der Waals surface area contributed by atoms with Gasteiger partial charge in [0.05, 0.1) is 6.20 Å². The number of rotatable bonds is 6. The third-order valence-corrected chi connectivity index (χ3v) is 6.80. The lowest BCUT2D eigenvalue weighted by Gasteiger charge is -2.29. The summed E-state index contributed by atoms with van der Waals surface area (Å²) in [6, 6.07) is 2.36. The maximum Gasteiger partial charge on any atom is 0.224 e. The van der Waals surface area contributed by atoms with E-state index in [2.05, 4.69) is 25.6 Å². The van der Waals surface area contributed by atoms with Crippen molar-refractivity contribution in [2.45, 2.75) is 57.0 Å². The lowest BCUT2D eigenvalue weighted by Crippen LogP contribution is -2.29. The first-order chi connectivity index (χ1) is 15.9. The van der Waals surface area contributed by atoms with Crippen LogP contribution >= 0.6 is 11.6 Å². The minimum Gasteiger partial charge on any atom is -0.369 e. The van der Waals surface area contributed by atoms with Gasteiger partial charge in [-0.3, -0.25) is 9.36 Å². The van der Waals surface area contributed by atoms with Crippen molar-refractivity contribution in [1.29, 1.82) is 0 Å². The van der Waals surface area contributed by atoms with E-state index < -0.39 is 11.6 Å². The molecule has 0 saturated heterocycles. The molecule has 0 radical (unpaired) electrons. The third-order valence-electron chi connectivity index (χ3n) is 6.58. The second-order valence-corrected chi connectivity index (χ2v) is 9.19. The van der Waals surface area contributed by atoms with Gasteiger partial charge in [0, 0.05) is 23.0 Å². The molecule has 1 amide bonds. The molecule has 174 valence electrons. The first-order valence-corrected chi connectivity index (χ1v) is 11.5. The fourth-order valence-corrected chi connectivity index (χ4v) is 4.71. The van der Waals surface area contributed by atoms with Crippen molar-refractivity contribution in [2.75, 3.05) is 10.6 Å². The molecular formula is C22H24ClF2N7O. The molecule has 2 saturated carbocycles. The molecule has 0 bridgehead atoms. The maximum absolute atomic E-state index is 14.5. The predicted octanol–water partition coefficient (Wildman–Crippen LogP) is 4.68. The SMILES string of the molecule is NC(=O)[C@H]1CC[C@H](n2c(Nc3c(F)cc(Cl)cc3F)nc3cnc(NC4CCC4)nc32)CC1. The molecule has 2 heterocycles. The number of nitrogens with two attached hydrogens (primary N) is 1. The number of benzene rings is 1. The summed E-state index contributed by atoms with van der Waals surface area (Å²) in [5.74, 6) is -1.38. The Morgan fingerprint density at radius 2 is 1.79 bits per heavy atom. The maximum atomic E-state index is 14.5. The van der Waals surface area contributed by atoms with Gasteiger partial charge in [0.1, 0.15) is 11.2 Å². The van der Waals surface area contributed by atoms with Gasteiger partial charge in [0.2, 0.25) is 17.8 Å². The Bertz CT molecular complexity index is 1180. The highest BCUT2D eigenvalue weighted by Crippen LogP contribution is 2.38. The second kappa shape index (κ2) is 8.74. The highest BCUT2D eigenvalue weighted by Gasteiger charge is 2.30. The van der Waals surface area contributed by atoms with E-state index in [0.29, 0.717) is 48.8 Å². The number of amides is 1. The van der Waals surface area contributed by atoms with E-state index in [4.69, 9.17) is 17.3 Å². The van der Waals surface area contributed by atoms with E-state index in [1.165, 1.54) is 6.42 Å². The Morgan fingerprint density at radius 1 is 1.09 bits per heavy atom. The minimum atomic E-state index is -0.825. The number of anilines is 3. The number of carbonyl (C=O) groups excluding carboxylic acids is 1. The largest absolute Gasteiger partial charge is 0.369 e. The van der Waals surface area contributed by atoms with Crippen LogP contribution in [0.4, 0.5) is 26.4 Å². The zero-order valence-electron chi connectivity index (χ0n) is 17.8. The average Bonchev–Trinajstić information content (AvgIpc) is 3.10. The number of hydrogen-bond donors (Lipinski definition) is 3. The highest BCUT2D eigenvalue weighted by atomic mass is 35.5. The van der Waals surface area contributed by atoms with Crippen molar-refractivity contribution >= 4 is 46.3 Å². The molecule has 33 heavy (non-hydrogen) atoms. The second-order valence-electron chi connectivity index (χ2n) is 8.76. The summed E-state index contributed by atoms with van der Waals surface area (Å²) in [5.41, 5.74) is 6.21. The molecular weight excluding hydrogens is 452 g/mol. The molecule has 2 aromatic heterocycles.